The van der Waals surface area contributed by atoms with Gasteiger partial charge in [0.05, 0.1) is 0 Å². The zero-order valence-corrected chi connectivity index (χ0v) is 11.3. The molecule has 0 N–H and O–H groups in total. The lowest BCUT2D eigenvalue weighted by atomic mass is 9.77. The van der Waals surface area contributed by atoms with E-state index in [0.717, 1.165) is 11.3 Å². The van der Waals surface area contributed by atoms with Gasteiger partial charge in [0.15, 0.2) is 0 Å². The Morgan fingerprint density at radius 3 is 2.25 bits per heavy atom. The SMILES string of the molecule is CCCC1(CCCC2CCCC2)CCCC1. The van der Waals surface area contributed by atoms with Crippen LogP contribution in [0.15, 0.2) is 0 Å². The van der Waals surface area contributed by atoms with E-state index in [2.05, 4.69) is 6.92 Å². The molecule has 2 aliphatic carbocycles. The molecule has 16 heavy (non-hydrogen) atoms. The van der Waals surface area contributed by atoms with Crippen LogP contribution in [0.3, 0.4) is 0 Å². The van der Waals surface area contributed by atoms with Crippen LogP contribution in [-0.4, -0.2) is 0 Å². The summed E-state index contributed by atoms with van der Waals surface area (Å²) in [6.07, 6.45) is 19.8. The van der Waals surface area contributed by atoms with Gasteiger partial charge in [-0.05, 0) is 37.0 Å². The molecule has 2 saturated carbocycles. The Labute approximate surface area is 102 Å². The van der Waals surface area contributed by atoms with E-state index >= 15 is 0 Å². The highest BCUT2D eigenvalue weighted by Crippen LogP contribution is 2.46. The second-order valence-corrected chi connectivity index (χ2v) is 6.50. The molecule has 94 valence electrons. The van der Waals surface area contributed by atoms with E-state index in [1.807, 2.05) is 0 Å². The van der Waals surface area contributed by atoms with Crippen molar-refractivity contribution >= 4 is 0 Å². The van der Waals surface area contributed by atoms with Gasteiger partial charge >= 0.3 is 0 Å². The third-order valence-corrected chi connectivity index (χ3v) is 5.24. The summed E-state index contributed by atoms with van der Waals surface area (Å²) in [5, 5.41) is 0. The van der Waals surface area contributed by atoms with Crippen molar-refractivity contribution < 1.29 is 0 Å². The van der Waals surface area contributed by atoms with Crippen molar-refractivity contribution in [2.24, 2.45) is 11.3 Å². The van der Waals surface area contributed by atoms with Gasteiger partial charge in [0.25, 0.3) is 0 Å². The molecule has 0 aromatic carbocycles. The second kappa shape index (κ2) is 6.07. The number of rotatable bonds is 6. The standard InChI is InChI=1S/C16H30/c1-2-11-16(12-5-6-13-16)14-7-10-15-8-3-4-9-15/h15H,2-14H2,1H3. The van der Waals surface area contributed by atoms with Crippen molar-refractivity contribution in [2.75, 3.05) is 0 Å². The van der Waals surface area contributed by atoms with Crippen molar-refractivity contribution in [1.82, 2.24) is 0 Å². The van der Waals surface area contributed by atoms with Crippen LogP contribution >= 0.6 is 0 Å². The van der Waals surface area contributed by atoms with E-state index < -0.39 is 0 Å². The normalized spacial score (nSPS) is 25.3. The lowest BCUT2D eigenvalue weighted by molar-refractivity contribution is 0.230. The van der Waals surface area contributed by atoms with Gasteiger partial charge < -0.3 is 0 Å². The first kappa shape index (κ1) is 12.5. The lowest BCUT2D eigenvalue weighted by Gasteiger charge is -2.29. The largest absolute Gasteiger partial charge is 0.0654 e. The molecule has 0 aromatic rings. The number of hydrogen-bond acceptors (Lipinski definition) is 0. The molecule has 0 spiro atoms. The molecule has 0 aliphatic heterocycles. The van der Waals surface area contributed by atoms with Gasteiger partial charge in [-0.3, -0.25) is 0 Å². The topological polar surface area (TPSA) is 0 Å². The molecule has 2 fully saturated rings. The summed E-state index contributed by atoms with van der Waals surface area (Å²) in [6.45, 7) is 2.37. The predicted molar refractivity (Wildman–Crippen MR) is 71.6 cm³/mol. The molecular formula is C16H30. The first-order chi connectivity index (χ1) is 7.85. The molecule has 0 bridgehead atoms. The molecule has 0 atom stereocenters. The molecule has 0 aromatic heterocycles. The summed E-state index contributed by atoms with van der Waals surface area (Å²) in [4.78, 5) is 0. The molecule has 0 unspecified atom stereocenters. The van der Waals surface area contributed by atoms with Gasteiger partial charge in [0, 0.05) is 0 Å². The fraction of sp³-hybridized carbons (Fsp3) is 1.00. The van der Waals surface area contributed by atoms with Gasteiger partial charge in [-0.25, -0.2) is 0 Å². The summed E-state index contributed by atoms with van der Waals surface area (Å²) in [5.41, 5.74) is 0.799. The zero-order valence-electron chi connectivity index (χ0n) is 11.3. The van der Waals surface area contributed by atoms with E-state index in [9.17, 15) is 0 Å². The fourth-order valence-corrected chi connectivity index (χ4v) is 4.35. The minimum absolute atomic E-state index is 0.799. The maximum Gasteiger partial charge on any atom is -0.0298 e. The number of hydrogen-bond donors (Lipinski definition) is 0. The van der Waals surface area contributed by atoms with E-state index in [4.69, 9.17) is 0 Å². The Balaban J connectivity index is 1.69. The summed E-state index contributed by atoms with van der Waals surface area (Å²) in [7, 11) is 0. The van der Waals surface area contributed by atoms with Crippen LogP contribution in [0.2, 0.25) is 0 Å². The van der Waals surface area contributed by atoms with Gasteiger partial charge in [0.1, 0.15) is 0 Å². The van der Waals surface area contributed by atoms with Crippen LogP contribution in [0.1, 0.15) is 90.4 Å². The Morgan fingerprint density at radius 1 is 0.938 bits per heavy atom. The molecule has 2 aliphatic rings. The quantitative estimate of drug-likeness (QED) is 0.540. The van der Waals surface area contributed by atoms with Crippen LogP contribution in [0.25, 0.3) is 0 Å². The Hall–Kier alpha value is 0. The predicted octanol–water partition coefficient (Wildman–Crippen LogP) is 5.71. The van der Waals surface area contributed by atoms with Crippen molar-refractivity contribution in [2.45, 2.75) is 90.4 Å². The van der Waals surface area contributed by atoms with Gasteiger partial charge in [-0.1, -0.05) is 64.7 Å². The van der Waals surface area contributed by atoms with Crippen molar-refractivity contribution in [1.29, 1.82) is 0 Å². The van der Waals surface area contributed by atoms with Gasteiger partial charge in [-0.2, -0.15) is 0 Å². The minimum atomic E-state index is 0.799. The highest BCUT2D eigenvalue weighted by molar-refractivity contribution is 4.84. The van der Waals surface area contributed by atoms with E-state index in [-0.39, 0.29) is 0 Å². The molecule has 0 nitrogen and oxygen atoms in total. The minimum Gasteiger partial charge on any atom is -0.0654 e. The van der Waals surface area contributed by atoms with Crippen LogP contribution in [-0.2, 0) is 0 Å². The van der Waals surface area contributed by atoms with E-state index in [1.165, 1.54) is 44.9 Å². The monoisotopic (exact) mass is 222 g/mol. The molecule has 0 heterocycles. The Bertz CT molecular complexity index is 182. The Kier molecular flexibility index (Phi) is 4.73. The van der Waals surface area contributed by atoms with Crippen LogP contribution in [0.5, 0.6) is 0 Å². The lowest BCUT2D eigenvalue weighted by Crippen LogP contribution is -2.16. The molecule has 0 saturated heterocycles. The molecule has 2 rings (SSSR count). The maximum atomic E-state index is 2.37. The van der Waals surface area contributed by atoms with E-state index in [0.29, 0.717) is 0 Å². The van der Waals surface area contributed by atoms with Crippen LogP contribution in [0.4, 0.5) is 0 Å². The molecular weight excluding hydrogens is 192 g/mol. The summed E-state index contributed by atoms with van der Waals surface area (Å²) in [6, 6.07) is 0. The van der Waals surface area contributed by atoms with E-state index in [1.54, 1.807) is 38.5 Å². The van der Waals surface area contributed by atoms with Gasteiger partial charge in [-0.15, -0.1) is 0 Å². The second-order valence-electron chi connectivity index (χ2n) is 6.50. The highest BCUT2D eigenvalue weighted by atomic mass is 14.4. The third-order valence-electron chi connectivity index (χ3n) is 5.24. The van der Waals surface area contributed by atoms with Crippen LogP contribution in [0, 0.1) is 11.3 Å². The summed E-state index contributed by atoms with van der Waals surface area (Å²) >= 11 is 0. The Morgan fingerprint density at radius 2 is 1.62 bits per heavy atom. The summed E-state index contributed by atoms with van der Waals surface area (Å²) < 4.78 is 0. The van der Waals surface area contributed by atoms with Crippen molar-refractivity contribution in [3.63, 3.8) is 0 Å². The smallest absolute Gasteiger partial charge is 0.0298 e. The molecule has 0 radical (unpaired) electrons. The first-order valence-corrected chi connectivity index (χ1v) is 7.85. The third kappa shape index (κ3) is 3.25. The van der Waals surface area contributed by atoms with Crippen molar-refractivity contribution in [3.05, 3.63) is 0 Å². The van der Waals surface area contributed by atoms with Crippen molar-refractivity contribution in [3.8, 4) is 0 Å². The van der Waals surface area contributed by atoms with Gasteiger partial charge in [0.2, 0.25) is 0 Å². The molecule has 0 heteroatoms. The average Bonchev–Trinajstić information content (AvgIpc) is 2.90. The molecule has 0 amide bonds. The zero-order chi connectivity index (χ0) is 11.3. The fourth-order valence-electron chi connectivity index (χ4n) is 4.35. The summed E-state index contributed by atoms with van der Waals surface area (Å²) in [5.74, 6) is 1.11. The first-order valence-electron chi connectivity index (χ1n) is 7.85. The highest BCUT2D eigenvalue weighted by Gasteiger charge is 2.32. The maximum absolute atomic E-state index is 2.37. The average molecular weight is 222 g/mol. The van der Waals surface area contributed by atoms with Crippen LogP contribution < -0.4 is 0 Å².